The van der Waals surface area contributed by atoms with Gasteiger partial charge in [0.25, 0.3) is 0 Å². The lowest BCUT2D eigenvalue weighted by Crippen LogP contribution is -2.29. The highest BCUT2D eigenvalue weighted by atomic mass is 35.5. The van der Waals surface area contributed by atoms with Crippen LogP contribution in [0.5, 0.6) is 5.75 Å². The summed E-state index contributed by atoms with van der Waals surface area (Å²) in [6, 6.07) is 9.11. The molecule has 12 heteroatoms. The number of carbonyl (C=O) groups is 2. The van der Waals surface area contributed by atoms with Gasteiger partial charge in [-0.05, 0) is 26.0 Å². The van der Waals surface area contributed by atoms with E-state index in [0.717, 1.165) is 0 Å². The van der Waals surface area contributed by atoms with Crippen LogP contribution in [0.1, 0.15) is 13.8 Å². The zero-order valence-corrected chi connectivity index (χ0v) is 22.8. The molecule has 0 heterocycles. The molecule has 196 valence electrons. The van der Waals surface area contributed by atoms with E-state index < -0.39 is 38.9 Å². The maximum absolute atomic E-state index is 11.7. The van der Waals surface area contributed by atoms with Gasteiger partial charge in [-0.15, -0.1) is 34.8 Å². The van der Waals surface area contributed by atoms with Crippen LogP contribution in [-0.4, -0.2) is 67.7 Å². The Bertz CT molecular complexity index is 771. The van der Waals surface area contributed by atoms with E-state index in [9.17, 15) is 9.59 Å². The van der Waals surface area contributed by atoms with Crippen LogP contribution < -0.4 is 4.74 Å². The minimum absolute atomic E-state index is 0.0305. The highest BCUT2D eigenvalue weighted by Gasteiger charge is 2.28. The molecule has 0 radical (unpaired) electrons. The monoisotopic (exact) mass is 570 g/mol. The number of para-hydroxylation sites is 1. The van der Waals surface area contributed by atoms with Crippen molar-refractivity contribution >= 4 is 55.3 Å². The molecule has 0 aliphatic carbocycles. The molecule has 0 N–H and O–H groups in total. The van der Waals surface area contributed by atoms with Crippen LogP contribution in [-0.2, 0) is 32.6 Å². The second-order valence-electron chi connectivity index (χ2n) is 7.25. The largest absolute Gasteiger partial charge is 0.491 e. The van der Waals surface area contributed by atoms with Gasteiger partial charge < -0.3 is 27.8 Å². The number of hydrogen-bond acceptors (Lipinski definition) is 8. The summed E-state index contributed by atoms with van der Waals surface area (Å²) in [6.07, 6.45) is -2.18. The van der Waals surface area contributed by atoms with Gasteiger partial charge in [-0.3, -0.25) is 0 Å². The van der Waals surface area contributed by atoms with E-state index in [1.165, 1.54) is 13.8 Å². The quantitative estimate of drug-likeness (QED) is 0.100. The number of alkyl halides is 3. The van der Waals surface area contributed by atoms with E-state index in [1.807, 2.05) is 18.2 Å². The van der Waals surface area contributed by atoms with E-state index >= 15 is 0 Å². The zero-order chi connectivity index (χ0) is 26.2. The first-order valence-electron chi connectivity index (χ1n) is 10.5. The molecular formula is C23H30Cl3O8P. The predicted octanol–water partition coefficient (Wildman–Crippen LogP) is 5.40. The number of esters is 2. The molecule has 0 bridgehead atoms. The molecule has 0 aliphatic heterocycles. The first-order valence-corrected chi connectivity index (χ1v) is 13.2. The average Bonchev–Trinajstić information content (AvgIpc) is 2.86. The lowest BCUT2D eigenvalue weighted by molar-refractivity contribution is -0.141. The Morgan fingerprint density at radius 1 is 0.771 bits per heavy atom. The van der Waals surface area contributed by atoms with Crippen LogP contribution in [0.25, 0.3) is 0 Å². The molecule has 3 atom stereocenters. The summed E-state index contributed by atoms with van der Waals surface area (Å²) in [4.78, 5) is 23.5. The molecule has 0 saturated heterocycles. The summed E-state index contributed by atoms with van der Waals surface area (Å²) in [5.41, 5.74) is 0.463. The molecule has 0 saturated carbocycles. The highest BCUT2D eigenvalue weighted by Crippen LogP contribution is 2.44. The lowest BCUT2D eigenvalue weighted by atomic mass is 10.3. The molecule has 3 unspecified atom stereocenters. The molecule has 0 spiro atoms. The molecule has 0 aliphatic rings. The van der Waals surface area contributed by atoms with E-state index in [1.54, 1.807) is 12.1 Å². The SMILES string of the molecule is C=C(C)C(=O)OCC(CCl)OP(OC(CCl)COC(=O)C(=C)C)OC(CCl)COc1ccccc1. The van der Waals surface area contributed by atoms with Crippen molar-refractivity contribution < 1.29 is 37.4 Å². The Hall–Kier alpha value is -1.38. The van der Waals surface area contributed by atoms with Crippen molar-refractivity contribution in [3.63, 3.8) is 0 Å². The molecule has 0 amide bonds. The number of carbonyl (C=O) groups excluding carboxylic acids is 2. The number of ether oxygens (including phenoxy) is 3. The van der Waals surface area contributed by atoms with Crippen LogP contribution in [0.4, 0.5) is 0 Å². The minimum atomic E-state index is -2.13. The van der Waals surface area contributed by atoms with Gasteiger partial charge >= 0.3 is 20.5 Å². The zero-order valence-electron chi connectivity index (χ0n) is 19.6. The van der Waals surface area contributed by atoms with Gasteiger partial charge in [-0.1, -0.05) is 31.4 Å². The molecule has 1 rings (SSSR count). The van der Waals surface area contributed by atoms with Crippen LogP contribution in [0.3, 0.4) is 0 Å². The number of benzene rings is 1. The average molecular weight is 572 g/mol. The van der Waals surface area contributed by atoms with E-state index in [-0.39, 0.29) is 48.6 Å². The van der Waals surface area contributed by atoms with Crippen LogP contribution in [0.2, 0.25) is 0 Å². The third-order valence-electron chi connectivity index (χ3n) is 3.90. The van der Waals surface area contributed by atoms with Gasteiger partial charge in [-0.2, -0.15) is 0 Å². The topological polar surface area (TPSA) is 89.5 Å². The van der Waals surface area contributed by atoms with Crippen molar-refractivity contribution in [2.45, 2.75) is 32.2 Å². The van der Waals surface area contributed by atoms with Gasteiger partial charge in [0.2, 0.25) is 0 Å². The van der Waals surface area contributed by atoms with Gasteiger partial charge in [-0.25, -0.2) is 9.59 Å². The molecule has 0 aromatic heterocycles. The van der Waals surface area contributed by atoms with Crippen molar-refractivity contribution in [1.29, 1.82) is 0 Å². The van der Waals surface area contributed by atoms with Crippen molar-refractivity contribution in [3.05, 3.63) is 54.6 Å². The Balaban J connectivity index is 2.87. The van der Waals surface area contributed by atoms with Crippen molar-refractivity contribution in [2.24, 2.45) is 0 Å². The molecule has 35 heavy (non-hydrogen) atoms. The standard InChI is InChI=1S/C23H30Cl3O8P/c1-16(2)22(27)30-14-20(11-25)33-35(34-21(12-26)15-31-23(28)17(3)4)32-19(10-24)13-29-18-8-6-5-7-9-18/h5-9,19-21H,1,3,10-15H2,2,4H3. The first-order chi connectivity index (χ1) is 16.7. The number of rotatable bonds is 18. The van der Waals surface area contributed by atoms with E-state index in [0.29, 0.717) is 5.75 Å². The van der Waals surface area contributed by atoms with Gasteiger partial charge in [0.1, 0.15) is 43.9 Å². The molecular weight excluding hydrogens is 542 g/mol. The fraction of sp³-hybridized carbons (Fsp3) is 0.478. The molecule has 8 nitrogen and oxygen atoms in total. The maximum Gasteiger partial charge on any atom is 0.333 e. The summed E-state index contributed by atoms with van der Waals surface area (Å²) < 4.78 is 33.6. The summed E-state index contributed by atoms with van der Waals surface area (Å²) in [5.74, 6) is -0.544. The van der Waals surface area contributed by atoms with Gasteiger partial charge in [0, 0.05) is 11.1 Å². The fourth-order valence-corrected chi connectivity index (χ4v) is 4.04. The second-order valence-corrected chi connectivity index (χ2v) is 9.26. The summed E-state index contributed by atoms with van der Waals surface area (Å²) in [6.45, 7) is 9.87. The summed E-state index contributed by atoms with van der Waals surface area (Å²) >= 11 is 18.1. The Labute approximate surface area is 222 Å². The number of halogens is 3. The Kier molecular flexibility index (Phi) is 16.2. The normalized spacial score (nSPS) is 14.3. The van der Waals surface area contributed by atoms with Crippen LogP contribution >= 0.6 is 43.4 Å². The second kappa shape index (κ2) is 18.0. The van der Waals surface area contributed by atoms with Crippen molar-refractivity contribution in [1.82, 2.24) is 0 Å². The lowest BCUT2D eigenvalue weighted by Gasteiger charge is -2.27. The van der Waals surface area contributed by atoms with Crippen molar-refractivity contribution in [3.8, 4) is 5.75 Å². The minimum Gasteiger partial charge on any atom is -0.491 e. The molecule has 0 fully saturated rings. The van der Waals surface area contributed by atoms with Gasteiger partial charge in [0.05, 0.1) is 17.6 Å². The highest BCUT2D eigenvalue weighted by molar-refractivity contribution is 7.41. The Morgan fingerprint density at radius 3 is 1.54 bits per heavy atom. The first kappa shape index (κ1) is 31.6. The maximum atomic E-state index is 11.7. The summed E-state index contributed by atoms with van der Waals surface area (Å²) in [5, 5.41) is 0. The predicted molar refractivity (Wildman–Crippen MR) is 137 cm³/mol. The van der Waals surface area contributed by atoms with E-state index in [2.05, 4.69) is 13.2 Å². The van der Waals surface area contributed by atoms with E-state index in [4.69, 9.17) is 62.6 Å². The van der Waals surface area contributed by atoms with Gasteiger partial charge in [0.15, 0.2) is 0 Å². The fourth-order valence-electron chi connectivity index (χ4n) is 2.04. The summed E-state index contributed by atoms with van der Waals surface area (Å²) in [7, 11) is -2.13. The van der Waals surface area contributed by atoms with Crippen LogP contribution in [0, 0.1) is 0 Å². The third kappa shape index (κ3) is 13.5. The Morgan fingerprint density at radius 2 is 1.17 bits per heavy atom. The molecule has 1 aromatic carbocycles. The van der Waals surface area contributed by atoms with Crippen LogP contribution in [0.15, 0.2) is 54.6 Å². The number of hydrogen-bond donors (Lipinski definition) is 0. The van der Waals surface area contributed by atoms with Crippen molar-refractivity contribution in [2.75, 3.05) is 37.5 Å². The molecule has 1 aromatic rings. The smallest absolute Gasteiger partial charge is 0.333 e. The third-order valence-corrected chi connectivity index (χ3v) is 6.34.